The van der Waals surface area contributed by atoms with Gasteiger partial charge in [-0.25, -0.2) is 0 Å². The summed E-state index contributed by atoms with van der Waals surface area (Å²) in [6, 6.07) is 4.70. The molecule has 1 rings (SSSR count). The maximum atomic E-state index is 5.38. The van der Waals surface area contributed by atoms with E-state index in [0.29, 0.717) is 0 Å². The molecule has 80 valence electrons. The molecule has 1 atom stereocenters. The Hall–Kier alpha value is -1.26. The van der Waals surface area contributed by atoms with Gasteiger partial charge in [0.05, 0.1) is 0 Å². The molecule has 1 heteroatoms. The monoisotopic (exact) mass is 201 g/mol. The molecule has 0 heterocycles. The van der Waals surface area contributed by atoms with Gasteiger partial charge in [-0.05, 0) is 44.5 Å². The zero-order valence-electron chi connectivity index (χ0n) is 10.0. The number of terminal acetylenes is 1. The van der Waals surface area contributed by atoms with Crippen molar-refractivity contribution in [3.05, 3.63) is 34.4 Å². The maximum absolute atomic E-state index is 5.38. The number of hydrogen-bond acceptors (Lipinski definition) is 1. The molecule has 0 saturated carbocycles. The Balaban J connectivity index is 3.18. The quantitative estimate of drug-likeness (QED) is 0.741. The molecular weight excluding hydrogens is 182 g/mol. The van der Waals surface area contributed by atoms with Crippen molar-refractivity contribution in [2.75, 3.05) is 7.05 Å². The molecule has 1 N–H and O–H groups in total. The minimum absolute atomic E-state index is 0.274. The lowest BCUT2D eigenvalue weighted by molar-refractivity contribution is 0.604. The second-order valence-electron chi connectivity index (χ2n) is 4.06. The molecule has 0 amide bonds. The van der Waals surface area contributed by atoms with E-state index in [1.165, 1.54) is 22.3 Å². The van der Waals surface area contributed by atoms with Gasteiger partial charge < -0.3 is 5.32 Å². The van der Waals surface area contributed by atoms with Crippen molar-refractivity contribution in [2.45, 2.75) is 33.2 Å². The van der Waals surface area contributed by atoms with Crippen molar-refractivity contribution in [1.82, 2.24) is 5.32 Å². The second kappa shape index (κ2) is 5.00. The summed E-state index contributed by atoms with van der Waals surface area (Å²) in [5.41, 5.74) is 5.30. The van der Waals surface area contributed by atoms with Crippen LogP contribution in [0, 0.1) is 33.1 Å². The Bertz CT molecular complexity index is 362. The van der Waals surface area contributed by atoms with Crippen LogP contribution in [-0.4, -0.2) is 7.05 Å². The summed E-state index contributed by atoms with van der Waals surface area (Å²) in [5, 5.41) is 3.28. The Morgan fingerprint density at radius 2 is 1.80 bits per heavy atom. The lowest BCUT2D eigenvalue weighted by Gasteiger charge is -2.19. The van der Waals surface area contributed by atoms with Crippen molar-refractivity contribution in [1.29, 1.82) is 0 Å². The van der Waals surface area contributed by atoms with Gasteiger partial charge in [0.25, 0.3) is 0 Å². The summed E-state index contributed by atoms with van der Waals surface area (Å²) in [5.74, 6) is 2.72. The molecule has 0 aliphatic carbocycles. The molecule has 1 aromatic rings. The first-order chi connectivity index (χ1) is 7.10. The highest BCUT2D eigenvalue weighted by atomic mass is 14.9. The standard InChI is InChI=1S/C14H19N/c1-6-7-13(15-5)14-11(3)8-10(2)9-12(14)4/h1,8-9,13,15H,7H2,2-5H3. The zero-order chi connectivity index (χ0) is 11.4. The minimum Gasteiger partial charge on any atom is -0.312 e. The molecular formula is C14H19N. The molecule has 1 aromatic carbocycles. The van der Waals surface area contributed by atoms with E-state index in [2.05, 4.69) is 44.1 Å². The topological polar surface area (TPSA) is 12.0 Å². The van der Waals surface area contributed by atoms with E-state index in [0.717, 1.165) is 6.42 Å². The second-order valence-corrected chi connectivity index (χ2v) is 4.06. The van der Waals surface area contributed by atoms with Gasteiger partial charge in [0.2, 0.25) is 0 Å². The lowest BCUT2D eigenvalue weighted by Crippen LogP contribution is -2.18. The van der Waals surface area contributed by atoms with Crippen LogP contribution in [0.2, 0.25) is 0 Å². The first-order valence-electron chi connectivity index (χ1n) is 5.28. The van der Waals surface area contributed by atoms with Crippen LogP contribution in [-0.2, 0) is 0 Å². The Labute approximate surface area is 92.9 Å². The summed E-state index contributed by atoms with van der Waals surface area (Å²) < 4.78 is 0. The van der Waals surface area contributed by atoms with Crippen LogP contribution in [0.1, 0.15) is 34.7 Å². The van der Waals surface area contributed by atoms with Gasteiger partial charge in [-0.3, -0.25) is 0 Å². The highest BCUT2D eigenvalue weighted by Gasteiger charge is 2.13. The minimum atomic E-state index is 0.274. The number of nitrogens with one attached hydrogen (secondary N) is 1. The van der Waals surface area contributed by atoms with Crippen molar-refractivity contribution in [3.63, 3.8) is 0 Å². The fraction of sp³-hybridized carbons (Fsp3) is 0.429. The van der Waals surface area contributed by atoms with Crippen molar-refractivity contribution >= 4 is 0 Å². The Morgan fingerprint density at radius 3 is 2.20 bits per heavy atom. The number of benzene rings is 1. The summed E-state index contributed by atoms with van der Waals surface area (Å²) in [4.78, 5) is 0. The van der Waals surface area contributed by atoms with Gasteiger partial charge >= 0.3 is 0 Å². The molecule has 0 aromatic heterocycles. The molecule has 0 saturated heterocycles. The molecule has 0 spiro atoms. The van der Waals surface area contributed by atoms with Crippen LogP contribution < -0.4 is 5.32 Å². The molecule has 0 aliphatic heterocycles. The van der Waals surface area contributed by atoms with Gasteiger partial charge in [-0.1, -0.05) is 17.7 Å². The number of hydrogen-bond donors (Lipinski definition) is 1. The summed E-state index contributed by atoms with van der Waals surface area (Å²) in [6.45, 7) is 6.42. The predicted molar refractivity (Wildman–Crippen MR) is 65.9 cm³/mol. The van der Waals surface area contributed by atoms with Crippen LogP contribution in [0.4, 0.5) is 0 Å². The molecule has 1 unspecified atom stereocenters. The van der Waals surface area contributed by atoms with E-state index < -0.39 is 0 Å². The molecule has 0 radical (unpaired) electrons. The third-order valence-electron chi connectivity index (χ3n) is 2.76. The van der Waals surface area contributed by atoms with Crippen LogP contribution in [0.3, 0.4) is 0 Å². The first kappa shape index (κ1) is 11.8. The van der Waals surface area contributed by atoms with Gasteiger partial charge in [0, 0.05) is 12.5 Å². The SMILES string of the molecule is C#CCC(NC)c1c(C)cc(C)cc1C. The smallest absolute Gasteiger partial charge is 0.0433 e. The lowest BCUT2D eigenvalue weighted by atomic mass is 9.92. The third-order valence-corrected chi connectivity index (χ3v) is 2.76. The molecule has 1 nitrogen and oxygen atoms in total. The van der Waals surface area contributed by atoms with Gasteiger partial charge in [-0.15, -0.1) is 12.3 Å². The average molecular weight is 201 g/mol. The van der Waals surface area contributed by atoms with E-state index in [4.69, 9.17) is 6.42 Å². The van der Waals surface area contributed by atoms with E-state index in [9.17, 15) is 0 Å². The van der Waals surface area contributed by atoms with Gasteiger partial charge in [-0.2, -0.15) is 0 Å². The predicted octanol–water partition coefficient (Wildman–Crippen LogP) is 2.90. The fourth-order valence-electron chi connectivity index (χ4n) is 2.21. The van der Waals surface area contributed by atoms with Crippen molar-refractivity contribution in [2.24, 2.45) is 0 Å². The van der Waals surface area contributed by atoms with Crippen molar-refractivity contribution < 1.29 is 0 Å². The van der Waals surface area contributed by atoms with Crippen LogP contribution in [0.5, 0.6) is 0 Å². The highest BCUT2D eigenvalue weighted by molar-refractivity contribution is 5.40. The van der Waals surface area contributed by atoms with E-state index in [1.807, 2.05) is 7.05 Å². The van der Waals surface area contributed by atoms with Crippen LogP contribution in [0.15, 0.2) is 12.1 Å². The fourth-order valence-corrected chi connectivity index (χ4v) is 2.21. The zero-order valence-corrected chi connectivity index (χ0v) is 10.0. The number of aryl methyl sites for hydroxylation is 3. The van der Waals surface area contributed by atoms with Crippen LogP contribution >= 0.6 is 0 Å². The average Bonchev–Trinajstić information content (AvgIpc) is 2.14. The molecule has 0 bridgehead atoms. The van der Waals surface area contributed by atoms with Gasteiger partial charge in [0.15, 0.2) is 0 Å². The largest absolute Gasteiger partial charge is 0.312 e. The summed E-state index contributed by atoms with van der Waals surface area (Å²) in [6.07, 6.45) is 6.12. The molecule has 0 aliphatic rings. The Kier molecular flexibility index (Phi) is 3.94. The normalized spacial score (nSPS) is 12.2. The Morgan fingerprint density at radius 1 is 1.27 bits per heavy atom. The molecule has 0 fully saturated rings. The van der Waals surface area contributed by atoms with E-state index in [1.54, 1.807) is 0 Å². The highest BCUT2D eigenvalue weighted by Crippen LogP contribution is 2.25. The number of rotatable bonds is 3. The van der Waals surface area contributed by atoms with E-state index in [-0.39, 0.29) is 6.04 Å². The molecule has 15 heavy (non-hydrogen) atoms. The summed E-state index contributed by atoms with van der Waals surface area (Å²) >= 11 is 0. The van der Waals surface area contributed by atoms with Crippen LogP contribution in [0.25, 0.3) is 0 Å². The maximum Gasteiger partial charge on any atom is 0.0433 e. The van der Waals surface area contributed by atoms with E-state index >= 15 is 0 Å². The van der Waals surface area contributed by atoms with Gasteiger partial charge in [0.1, 0.15) is 0 Å². The first-order valence-corrected chi connectivity index (χ1v) is 5.28. The summed E-state index contributed by atoms with van der Waals surface area (Å²) in [7, 11) is 1.96. The van der Waals surface area contributed by atoms with Crippen molar-refractivity contribution in [3.8, 4) is 12.3 Å². The third kappa shape index (κ3) is 2.61.